The number of carbonyl (C=O) groups is 2. The van der Waals surface area contributed by atoms with Crippen molar-refractivity contribution in [3.8, 4) is 0 Å². The predicted molar refractivity (Wildman–Crippen MR) is 74.2 cm³/mol. The van der Waals surface area contributed by atoms with Crippen molar-refractivity contribution in [1.82, 2.24) is 5.32 Å². The number of carboxylic acid groups (broad SMARTS) is 1. The largest absolute Gasteiger partial charge is 0.480 e. The molecule has 0 bridgehead atoms. The van der Waals surface area contributed by atoms with Crippen LogP contribution in [-0.4, -0.2) is 28.3 Å². The molecule has 2 atom stereocenters. The normalized spacial score (nSPS) is 18.4. The number of nitrogens with one attached hydrogen (secondary N) is 1. The fourth-order valence-corrected chi connectivity index (χ4v) is 3.19. The number of thioether (sulfide) groups is 1. The monoisotopic (exact) mass is 277 g/mol. The molecular formula is C14H15NO3S. The molecule has 2 unspecified atom stereocenters. The second-order valence-electron chi connectivity index (χ2n) is 4.34. The molecule has 0 radical (unpaired) electrons. The number of carboxylic acids is 1. The Kier molecular flexibility index (Phi) is 4.27. The number of aliphatic carboxylic acids is 1. The third kappa shape index (κ3) is 3.17. The van der Waals surface area contributed by atoms with E-state index in [4.69, 9.17) is 5.11 Å². The summed E-state index contributed by atoms with van der Waals surface area (Å²) >= 11 is 1.49. The van der Waals surface area contributed by atoms with Gasteiger partial charge in [-0.1, -0.05) is 24.3 Å². The fraction of sp³-hybridized carbons (Fsp3) is 0.286. The number of benzene rings is 1. The van der Waals surface area contributed by atoms with Crippen molar-refractivity contribution in [1.29, 1.82) is 0 Å². The van der Waals surface area contributed by atoms with Gasteiger partial charge >= 0.3 is 5.97 Å². The molecule has 1 aliphatic heterocycles. The highest BCUT2D eigenvalue weighted by molar-refractivity contribution is 8.01. The molecule has 1 aromatic carbocycles. The van der Waals surface area contributed by atoms with Crippen LogP contribution in [-0.2, 0) is 16.0 Å². The van der Waals surface area contributed by atoms with Crippen molar-refractivity contribution in [2.75, 3.05) is 0 Å². The van der Waals surface area contributed by atoms with E-state index in [-0.39, 0.29) is 17.6 Å². The second-order valence-corrected chi connectivity index (χ2v) is 5.59. The summed E-state index contributed by atoms with van der Waals surface area (Å²) in [6.45, 7) is 3.50. The van der Waals surface area contributed by atoms with Gasteiger partial charge < -0.3 is 10.4 Å². The standard InChI is InChI=1S/C14H15NO3S/c1-2-5-10(14(17)18)15-13(16)12-8-9-6-3-4-7-11(9)19-12/h2-4,6-7,10,12H,1,5,8H2,(H,15,16)(H,17,18). The van der Waals surface area contributed by atoms with Crippen LogP contribution in [0, 0.1) is 0 Å². The zero-order chi connectivity index (χ0) is 13.8. The van der Waals surface area contributed by atoms with Crippen molar-refractivity contribution in [2.45, 2.75) is 29.0 Å². The van der Waals surface area contributed by atoms with Crippen LogP contribution in [0.1, 0.15) is 12.0 Å². The number of hydrogen-bond donors (Lipinski definition) is 2. The zero-order valence-corrected chi connectivity index (χ0v) is 11.2. The Morgan fingerprint density at radius 3 is 2.89 bits per heavy atom. The summed E-state index contributed by atoms with van der Waals surface area (Å²) in [5.74, 6) is -1.26. The Hall–Kier alpha value is -1.75. The summed E-state index contributed by atoms with van der Waals surface area (Å²) in [4.78, 5) is 24.2. The first-order valence-electron chi connectivity index (χ1n) is 6.00. The molecule has 1 heterocycles. The highest BCUT2D eigenvalue weighted by Crippen LogP contribution is 2.36. The SMILES string of the molecule is C=CCC(NC(=O)C1Cc2ccccc2S1)C(=O)O. The average Bonchev–Trinajstić information content (AvgIpc) is 2.81. The van der Waals surface area contributed by atoms with Gasteiger partial charge in [-0.25, -0.2) is 4.79 Å². The van der Waals surface area contributed by atoms with E-state index in [9.17, 15) is 9.59 Å². The molecule has 0 aromatic heterocycles. The summed E-state index contributed by atoms with van der Waals surface area (Å²) in [6, 6.07) is 6.95. The first-order chi connectivity index (χ1) is 9.11. The Bertz CT molecular complexity index is 490. The topological polar surface area (TPSA) is 66.4 Å². The molecule has 100 valence electrons. The van der Waals surface area contributed by atoms with Gasteiger partial charge in [-0.15, -0.1) is 18.3 Å². The third-order valence-corrected chi connectivity index (χ3v) is 4.27. The maximum Gasteiger partial charge on any atom is 0.326 e. The Morgan fingerprint density at radius 1 is 1.53 bits per heavy atom. The number of rotatable bonds is 5. The minimum Gasteiger partial charge on any atom is -0.480 e. The van der Waals surface area contributed by atoms with E-state index in [1.807, 2.05) is 24.3 Å². The van der Waals surface area contributed by atoms with Crippen LogP contribution in [0.15, 0.2) is 41.8 Å². The Balaban J connectivity index is 1.99. The van der Waals surface area contributed by atoms with Gasteiger partial charge in [0.1, 0.15) is 6.04 Å². The van der Waals surface area contributed by atoms with Crippen LogP contribution in [0.5, 0.6) is 0 Å². The molecule has 4 nitrogen and oxygen atoms in total. The molecule has 2 N–H and O–H groups in total. The fourth-order valence-electron chi connectivity index (χ4n) is 1.98. The van der Waals surface area contributed by atoms with Gasteiger partial charge in [0.25, 0.3) is 0 Å². The van der Waals surface area contributed by atoms with Crippen LogP contribution in [0.3, 0.4) is 0 Å². The molecule has 0 fully saturated rings. The van der Waals surface area contributed by atoms with E-state index < -0.39 is 12.0 Å². The molecule has 19 heavy (non-hydrogen) atoms. The van der Waals surface area contributed by atoms with E-state index in [1.54, 1.807) is 0 Å². The minimum atomic E-state index is -1.03. The van der Waals surface area contributed by atoms with Crippen molar-refractivity contribution in [3.63, 3.8) is 0 Å². The Morgan fingerprint density at radius 2 is 2.26 bits per heavy atom. The maximum atomic E-state index is 12.1. The molecule has 5 heteroatoms. The van der Waals surface area contributed by atoms with Gasteiger partial charge in [0.05, 0.1) is 5.25 Å². The summed E-state index contributed by atoms with van der Waals surface area (Å²) in [5.41, 5.74) is 1.14. The predicted octanol–water partition coefficient (Wildman–Crippen LogP) is 1.85. The summed E-state index contributed by atoms with van der Waals surface area (Å²) in [7, 11) is 0. The molecule has 1 aliphatic rings. The van der Waals surface area contributed by atoms with Gasteiger partial charge in [0, 0.05) is 4.90 Å². The first kappa shape index (κ1) is 13.7. The highest BCUT2D eigenvalue weighted by atomic mass is 32.2. The van der Waals surface area contributed by atoms with Crippen molar-refractivity contribution in [3.05, 3.63) is 42.5 Å². The summed E-state index contributed by atoms with van der Waals surface area (Å²) in [6.07, 6.45) is 2.37. The zero-order valence-electron chi connectivity index (χ0n) is 10.3. The number of hydrogen-bond acceptors (Lipinski definition) is 3. The lowest BCUT2D eigenvalue weighted by Gasteiger charge is -2.15. The van der Waals surface area contributed by atoms with Gasteiger partial charge in [0.2, 0.25) is 5.91 Å². The number of fused-ring (bicyclic) bond motifs is 1. The van der Waals surface area contributed by atoms with Crippen molar-refractivity contribution < 1.29 is 14.7 Å². The Labute approximate surface area is 115 Å². The molecule has 0 saturated carbocycles. The maximum absolute atomic E-state index is 12.1. The van der Waals surface area contributed by atoms with Gasteiger partial charge in [-0.3, -0.25) is 4.79 Å². The van der Waals surface area contributed by atoms with E-state index in [0.717, 1.165) is 10.5 Å². The van der Waals surface area contributed by atoms with Gasteiger partial charge in [0.15, 0.2) is 0 Å². The quantitative estimate of drug-likeness (QED) is 0.806. The van der Waals surface area contributed by atoms with Gasteiger partial charge in [-0.05, 0) is 24.5 Å². The third-order valence-electron chi connectivity index (χ3n) is 2.96. The first-order valence-corrected chi connectivity index (χ1v) is 6.88. The van der Waals surface area contributed by atoms with E-state index in [1.165, 1.54) is 17.8 Å². The van der Waals surface area contributed by atoms with Crippen molar-refractivity contribution >= 4 is 23.6 Å². The van der Waals surface area contributed by atoms with Crippen molar-refractivity contribution in [2.24, 2.45) is 0 Å². The van der Waals surface area contributed by atoms with Crippen LogP contribution >= 0.6 is 11.8 Å². The molecule has 0 aliphatic carbocycles. The molecule has 1 aromatic rings. The van der Waals surface area contributed by atoms with E-state index in [0.29, 0.717) is 6.42 Å². The lowest BCUT2D eigenvalue weighted by Crippen LogP contribution is -2.44. The van der Waals surface area contributed by atoms with Crippen LogP contribution in [0.25, 0.3) is 0 Å². The average molecular weight is 277 g/mol. The minimum absolute atomic E-state index is 0.226. The molecule has 0 spiro atoms. The highest BCUT2D eigenvalue weighted by Gasteiger charge is 2.30. The lowest BCUT2D eigenvalue weighted by atomic mass is 10.1. The molecule has 1 amide bonds. The van der Waals surface area contributed by atoms with Crippen LogP contribution < -0.4 is 5.32 Å². The lowest BCUT2D eigenvalue weighted by molar-refractivity contribution is -0.141. The molecule has 2 rings (SSSR count). The second kappa shape index (κ2) is 5.93. The van der Waals surface area contributed by atoms with E-state index >= 15 is 0 Å². The number of carbonyl (C=O) groups excluding carboxylic acids is 1. The molecule has 0 saturated heterocycles. The smallest absolute Gasteiger partial charge is 0.326 e. The summed E-state index contributed by atoms with van der Waals surface area (Å²) in [5, 5.41) is 11.3. The van der Waals surface area contributed by atoms with Gasteiger partial charge in [-0.2, -0.15) is 0 Å². The van der Waals surface area contributed by atoms with E-state index in [2.05, 4.69) is 11.9 Å². The number of amides is 1. The summed E-state index contributed by atoms with van der Waals surface area (Å²) < 4.78 is 0. The van der Waals surface area contributed by atoms with Crippen LogP contribution in [0.2, 0.25) is 0 Å². The van der Waals surface area contributed by atoms with Crippen LogP contribution in [0.4, 0.5) is 0 Å². The molecular weight excluding hydrogens is 262 g/mol.